The molecular weight excluding hydrogens is 372 g/mol. The minimum atomic E-state index is -0.680. The predicted molar refractivity (Wildman–Crippen MR) is 105 cm³/mol. The first kappa shape index (κ1) is 20.2. The summed E-state index contributed by atoms with van der Waals surface area (Å²) in [6.45, 7) is 1.89. The molecule has 3 aromatic rings. The molecule has 0 aliphatic carbocycles. The summed E-state index contributed by atoms with van der Waals surface area (Å²) < 4.78 is 7.16. The number of carbonyl (C=O) groups excluding carboxylic acids is 2. The molecule has 9 heteroatoms. The fourth-order valence-electron chi connectivity index (χ4n) is 2.82. The number of nitrogens with zero attached hydrogens (tertiary/aromatic N) is 5. The molecule has 0 aliphatic rings. The SMILES string of the molecule is CCC(NC(=O)OCc1ccccc1)C(=O)Cn1nnc(Cc2cccn2C)n1. The van der Waals surface area contributed by atoms with Gasteiger partial charge in [-0.05, 0) is 29.3 Å². The molecule has 1 aromatic carbocycles. The summed E-state index contributed by atoms with van der Waals surface area (Å²) in [7, 11) is 1.94. The van der Waals surface area contributed by atoms with Gasteiger partial charge in [0, 0.05) is 18.9 Å². The summed E-state index contributed by atoms with van der Waals surface area (Å²) in [6, 6.07) is 12.6. The molecule has 0 radical (unpaired) electrons. The topological polar surface area (TPSA) is 104 Å². The van der Waals surface area contributed by atoms with Crippen LogP contribution in [0.5, 0.6) is 0 Å². The zero-order chi connectivity index (χ0) is 20.6. The van der Waals surface area contributed by atoms with Gasteiger partial charge in [0.25, 0.3) is 0 Å². The normalized spacial score (nSPS) is 11.8. The maximum Gasteiger partial charge on any atom is 0.408 e. The van der Waals surface area contributed by atoms with Crippen LogP contribution in [0, 0.1) is 0 Å². The number of ketones is 1. The summed E-state index contributed by atoms with van der Waals surface area (Å²) in [5.41, 5.74) is 1.92. The smallest absolute Gasteiger partial charge is 0.408 e. The minimum Gasteiger partial charge on any atom is -0.445 e. The zero-order valence-electron chi connectivity index (χ0n) is 16.5. The quantitative estimate of drug-likeness (QED) is 0.592. The van der Waals surface area contributed by atoms with Gasteiger partial charge >= 0.3 is 6.09 Å². The number of carbonyl (C=O) groups is 2. The van der Waals surface area contributed by atoms with Crippen molar-refractivity contribution < 1.29 is 14.3 Å². The van der Waals surface area contributed by atoms with Crippen LogP contribution in [0.15, 0.2) is 48.7 Å². The summed E-state index contributed by atoms with van der Waals surface area (Å²) in [4.78, 5) is 25.8. The van der Waals surface area contributed by atoms with Crippen molar-refractivity contribution in [3.05, 3.63) is 65.7 Å². The number of rotatable bonds is 9. The van der Waals surface area contributed by atoms with Crippen LogP contribution in [0.4, 0.5) is 4.79 Å². The van der Waals surface area contributed by atoms with E-state index in [1.165, 1.54) is 4.80 Å². The number of hydrogen-bond acceptors (Lipinski definition) is 6. The van der Waals surface area contributed by atoms with Gasteiger partial charge < -0.3 is 14.6 Å². The highest BCUT2D eigenvalue weighted by atomic mass is 16.5. The van der Waals surface area contributed by atoms with Crippen LogP contribution < -0.4 is 5.32 Å². The van der Waals surface area contributed by atoms with Gasteiger partial charge in [0.05, 0.1) is 12.5 Å². The largest absolute Gasteiger partial charge is 0.445 e. The lowest BCUT2D eigenvalue weighted by molar-refractivity contribution is -0.122. The lowest BCUT2D eigenvalue weighted by Crippen LogP contribution is -2.42. The molecule has 0 saturated carbocycles. The number of nitrogens with one attached hydrogen (secondary N) is 1. The molecule has 0 bridgehead atoms. The van der Waals surface area contributed by atoms with Crippen LogP contribution >= 0.6 is 0 Å². The van der Waals surface area contributed by atoms with E-state index >= 15 is 0 Å². The zero-order valence-corrected chi connectivity index (χ0v) is 16.5. The second kappa shape index (κ2) is 9.63. The Labute approximate surface area is 168 Å². The number of alkyl carbamates (subject to hydrolysis) is 1. The third-order valence-electron chi connectivity index (χ3n) is 4.48. The molecule has 1 unspecified atom stereocenters. The fraction of sp³-hybridized carbons (Fsp3) is 0.350. The van der Waals surface area contributed by atoms with E-state index in [1.807, 2.05) is 67.2 Å². The van der Waals surface area contributed by atoms with Gasteiger partial charge in [-0.2, -0.15) is 4.80 Å². The number of amides is 1. The van der Waals surface area contributed by atoms with Crippen LogP contribution in [-0.4, -0.2) is 42.7 Å². The van der Waals surface area contributed by atoms with Crippen LogP contribution in [0.3, 0.4) is 0 Å². The van der Waals surface area contributed by atoms with Gasteiger partial charge in [-0.3, -0.25) is 4.79 Å². The third-order valence-corrected chi connectivity index (χ3v) is 4.48. The fourth-order valence-corrected chi connectivity index (χ4v) is 2.82. The average Bonchev–Trinajstić information content (AvgIpc) is 3.34. The molecule has 152 valence electrons. The van der Waals surface area contributed by atoms with Crippen molar-refractivity contribution in [3.63, 3.8) is 0 Å². The number of ether oxygens (including phenoxy) is 1. The summed E-state index contributed by atoms with van der Waals surface area (Å²) in [5.74, 6) is 0.315. The number of aryl methyl sites for hydroxylation is 1. The lowest BCUT2D eigenvalue weighted by Gasteiger charge is -2.15. The number of Topliss-reactive ketones (excluding diaryl/α,β-unsaturated/α-hetero) is 1. The van der Waals surface area contributed by atoms with Crippen molar-refractivity contribution in [2.24, 2.45) is 7.05 Å². The molecule has 3 rings (SSSR count). The Bertz CT molecular complexity index is 950. The van der Waals surface area contributed by atoms with E-state index in [1.54, 1.807) is 0 Å². The molecule has 0 saturated heterocycles. The van der Waals surface area contributed by atoms with E-state index in [0.29, 0.717) is 18.7 Å². The second-order valence-electron chi connectivity index (χ2n) is 6.66. The highest BCUT2D eigenvalue weighted by Gasteiger charge is 2.21. The van der Waals surface area contributed by atoms with Gasteiger partial charge in [0.2, 0.25) is 0 Å². The first-order valence-electron chi connectivity index (χ1n) is 9.42. The Kier molecular flexibility index (Phi) is 6.72. The van der Waals surface area contributed by atoms with E-state index < -0.39 is 12.1 Å². The molecule has 1 N–H and O–H groups in total. The number of aromatic nitrogens is 5. The van der Waals surface area contributed by atoms with Crippen molar-refractivity contribution in [2.45, 2.75) is 39.0 Å². The molecule has 29 heavy (non-hydrogen) atoms. The Morgan fingerprint density at radius 1 is 1.17 bits per heavy atom. The molecule has 0 aliphatic heterocycles. The van der Waals surface area contributed by atoms with Crippen molar-refractivity contribution in [1.82, 2.24) is 30.1 Å². The summed E-state index contributed by atoms with van der Waals surface area (Å²) >= 11 is 0. The first-order valence-corrected chi connectivity index (χ1v) is 9.42. The van der Waals surface area contributed by atoms with E-state index in [4.69, 9.17) is 4.74 Å². The monoisotopic (exact) mass is 396 g/mol. The molecule has 2 heterocycles. The van der Waals surface area contributed by atoms with Crippen LogP contribution in [-0.2, 0) is 36.2 Å². The highest BCUT2D eigenvalue weighted by molar-refractivity contribution is 5.87. The van der Waals surface area contributed by atoms with Gasteiger partial charge in [0.15, 0.2) is 11.6 Å². The molecular formula is C20H24N6O3. The van der Waals surface area contributed by atoms with Crippen molar-refractivity contribution in [3.8, 4) is 0 Å². The molecule has 2 aromatic heterocycles. The highest BCUT2D eigenvalue weighted by Crippen LogP contribution is 2.05. The first-order chi connectivity index (χ1) is 14.0. The Morgan fingerprint density at radius 2 is 1.97 bits per heavy atom. The lowest BCUT2D eigenvalue weighted by atomic mass is 10.1. The molecule has 1 amide bonds. The molecule has 0 fully saturated rings. The molecule has 1 atom stereocenters. The Hall–Kier alpha value is -3.49. The van der Waals surface area contributed by atoms with Crippen LogP contribution in [0.1, 0.15) is 30.4 Å². The molecule has 0 spiro atoms. The maximum absolute atomic E-state index is 12.5. The van der Waals surface area contributed by atoms with Crippen molar-refractivity contribution in [2.75, 3.05) is 0 Å². The van der Waals surface area contributed by atoms with E-state index in [0.717, 1.165) is 11.3 Å². The van der Waals surface area contributed by atoms with Gasteiger partial charge in [-0.25, -0.2) is 4.79 Å². The summed E-state index contributed by atoms with van der Waals surface area (Å²) in [6.07, 6.45) is 2.27. The number of benzene rings is 1. The van der Waals surface area contributed by atoms with Crippen LogP contribution in [0.25, 0.3) is 0 Å². The van der Waals surface area contributed by atoms with Crippen molar-refractivity contribution in [1.29, 1.82) is 0 Å². The average molecular weight is 396 g/mol. The maximum atomic E-state index is 12.5. The van der Waals surface area contributed by atoms with E-state index in [-0.39, 0.29) is 18.9 Å². The van der Waals surface area contributed by atoms with Gasteiger partial charge in [0.1, 0.15) is 13.2 Å². The Morgan fingerprint density at radius 3 is 2.66 bits per heavy atom. The number of hydrogen-bond donors (Lipinski definition) is 1. The van der Waals surface area contributed by atoms with E-state index in [9.17, 15) is 9.59 Å². The van der Waals surface area contributed by atoms with Crippen molar-refractivity contribution >= 4 is 11.9 Å². The summed E-state index contributed by atoms with van der Waals surface area (Å²) in [5, 5.41) is 14.8. The predicted octanol–water partition coefficient (Wildman–Crippen LogP) is 1.88. The second-order valence-corrected chi connectivity index (χ2v) is 6.66. The third kappa shape index (κ3) is 5.74. The molecule has 9 nitrogen and oxygen atoms in total. The Balaban J connectivity index is 1.50. The van der Waals surface area contributed by atoms with Gasteiger partial charge in [-0.1, -0.05) is 37.3 Å². The van der Waals surface area contributed by atoms with Gasteiger partial charge in [-0.15, -0.1) is 10.2 Å². The standard InChI is InChI=1S/C20H24N6O3/c1-3-17(21-20(28)29-14-15-8-5-4-6-9-15)18(27)13-26-23-19(22-24-26)12-16-10-7-11-25(16)2/h4-11,17H,3,12-14H2,1-2H3,(H,21,28). The van der Waals surface area contributed by atoms with Crippen LogP contribution in [0.2, 0.25) is 0 Å². The number of tetrazole rings is 1. The minimum absolute atomic E-state index is 0.0718. The van der Waals surface area contributed by atoms with E-state index in [2.05, 4.69) is 20.7 Å².